The molecule has 0 aromatic rings. The summed E-state index contributed by atoms with van der Waals surface area (Å²) in [7, 11) is 0. The van der Waals surface area contributed by atoms with Crippen molar-refractivity contribution < 1.29 is 23.6 Å². The summed E-state index contributed by atoms with van der Waals surface area (Å²) in [6.07, 6.45) is 51.4. The summed E-state index contributed by atoms with van der Waals surface area (Å²) in [6, 6.07) is 0. The van der Waals surface area contributed by atoms with Crippen LogP contribution in [0.3, 0.4) is 0 Å². The summed E-state index contributed by atoms with van der Waals surface area (Å²) >= 11 is -4.90. The second kappa shape index (κ2) is 47.7. The first-order chi connectivity index (χ1) is 29.4. The fraction of sp³-hybridized carbons (Fsp3) is 0.943. The molecule has 0 atom stereocenters. The number of hydrogen-bond donors (Lipinski definition) is 0. The van der Waals surface area contributed by atoms with Gasteiger partial charge in [0.05, 0.1) is 0 Å². The van der Waals surface area contributed by atoms with E-state index in [0.29, 0.717) is 23.7 Å². The summed E-state index contributed by atoms with van der Waals surface area (Å²) in [5, 5.41) is 0. The predicted molar refractivity (Wildman–Crippen MR) is 259 cm³/mol. The van der Waals surface area contributed by atoms with E-state index in [1.54, 1.807) is 0 Å². The molecule has 0 spiro atoms. The van der Waals surface area contributed by atoms with Crippen molar-refractivity contribution in [3.05, 3.63) is 0 Å². The quantitative estimate of drug-likeness (QED) is 0.0446. The molecule has 7 heteroatoms. The molecule has 0 N–H and O–H groups in total. The van der Waals surface area contributed by atoms with Gasteiger partial charge in [-0.05, 0) is 0 Å². The van der Waals surface area contributed by atoms with E-state index in [0.717, 1.165) is 83.5 Å². The second-order valence-electron chi connectivity index (χ2n) is 18.5. The van der Waals surface area contributed by atoms with Crippen molar-refractivity contribution in [2.24, 2.45) is 0 Å². The van der Waals surface area contributed by atoms with Crippen LogP contribution in [-0.2, 0) is 23.6 Å². The Kier molecular flexibility index (Phi) is 47.1. The SMILES string of the molecule is CCCCCCCCCCCCCCC(=O)[O][Sn]([CH2]CCCCCCC)([O]C(=O)CCCCCCCCCCCCCC)[O]C(=O)CCCCCCCCCCCCCC. The van der Waals surface area contributed by atoms with Crippen molar-refractivity contribution in [2.45, 2.75) is 321 Å². The van der Waals surface area contributed by atoms with Gasteiger partial charge in [-0.1, -0.05) is 78.6 Å². The first-order valence-corrected chi connectivity index (χ1v) is 32.6. The van der Waals surface area contributed by atoms with E-state index in [9.17, 15) is 14.4 Å². The average Bonchev–Trinajstić information content (AvgIpc) is 3.23. The molecule has 0 unspecified atom stereocenters. The average molecular weight is 956 g/mol. The summed E-state index contributed by atoms with van der Waals surface area (Å²) < 4.78 is 19.1. The van der Waals surface area contributed by atoms with Crippen LogP contribution in [0.4, 0.5) is 0 Å². The van der Waals surface area contributed by atoms with Gasteiger partial charge >= 0.3 is 304 Å². The summed E-state index contributed by atoms with van der Waals surface area (Å²) in [5.74, 6) is -1.04. The Hall–Kier alpha value is -0.791. The third-order valence-electron chi connectivity index (χ3n) is 12.3. The Bertz CT molecular complexity index is 822. The molecule has 0 heterocycles. The van der Waals surface area contributed by atoms with Gasteiger partial charge in [0.2, 0.25) is 0 Å². The first-order valence-electron chi connectivity index (χ1n) is 27.1. The van der Waals surface area contributed by atoms with Gasteiger partial charge in [0.1, 0.15) is 0 Å². The smallest absolute Gasteiger partial charge is 0.0654 e. The Labute approximate surface area is 380 Å². The van der Waals surface area contributed by atoms with Gasteiger partial charge in [-0.3, -0.25) is 0 Å². The van der Waals surface area contributed by atoms with Crippen LogP contribution >= 0.6 is 0 Å². The van der Waals surface area contributed by atoms with E-state index in [4.69, 9.17) is 9.22 Å². The Morgan fingerprint density at radius 2 is 0.417 bits per heavy atom. The molecule has 0 saturated heterocycles. The fourth-order valence-electron chi connectivity index (χ4n) is 8.34. The molecule has 0 aromatic carbocycles. The van der Waals surface area contributed by atoms with Crippen LogP contribution in [0.5, 0.6) is 0 Å². The topological polar surface area (TPSA) is 78.9 Å². The Morgan fingerprint density at radius 3 is 0.617 bits per heavy atom. The number of carbonyl (C=O) groups is 3. The molecule has 0 aliphatic rings. The second-order valence-corrected chi connectivity index (χ2v) is 25.6. The van der Waals surface area contributed by atoms with Crippen molar-refractivity contribution >= 4 is 37.5 Å². The van der Waals surface area contributed by atoms with Crippen molar-refractivity contribution in [1.29, 1.82) is 0 Å². The summed E-state index contributed by atoms with van der Waals surface area (Å²) in [6.45, 7) is 9.01. The van der Waals surface area contributed by atoms with E-state index in [2.05, 4.69) is 27.7 Å². The van der Waals surface area contributed by atoms with Gasteiger partial charge < -0.3 is 0 Å². The molecule has 0 bridgehead atoms. The van der Waals surface area contributed by atoms with Crippen LogP contribution in [0.25, 0.3) is 0 Å². The zero-order valence-corrected chi connectivity index (χ0v) is 43.8. The van der Waals surface area contributed by atoms with E-state index >= 15 is 0 Å². The molecule has 0 aromatic heterocycles. The number of rotatable bonds is 49. The monoisotopic (exact) mass is 957 g/mol. The minimum absolute atomic E-state index is 0.291. The van der Waals surface area contributed by atoms with Crippen LogP contribution in [0.1, 0.15) is 317 Å². The molecule has 6 nitrogen and oxygen atoms in total. The molecule has 0 fully saturated rings. The minimum Gasteiger partial charge on any atom is -0.0654 e. The van der Waals surface area contributed by atoms with Crippen molar-refractivity contribution in [3.63, 3.8) is 0 Å². The third kappa shape index (κ3) is 42.5. The van der Waals surface area contributed by atoms with Crippen LogP contribution in [-0.4, -0.2) is 37.5 Å². The molecule has 60 heavy (non-hydrogen) atoms. The van der Waals surface area contributed by atoms with E-state index in [-0.39, 0.29) is 17.9 Å². The zero-order valence-electron chi connectivity index (χ0n) is 41.0. The maximum absolute atomic E-state index is 13.5. The van der Waals surface area contributed by atoms with E-state index < -0.39 is 19.6 Å². The van der Waals surface area contributed by atoms with Gasteiger partial charge in [-0.25, -0.2) is 0 Å². The number of carbonyl (C=O) groups excluding carboxylic acids is 3. The maximum atomic E-state index is 13.5. The zero-order chi connectivity index (χ0) is 43.9. The molecule has 0 aliphatic heterocycles. The molecule has 0 radical (unpaired) electrons. The van der Waals surface area contributed by atoms with Gasteiger partial charge in [0.15, 0.2) is 0 Å². The normalized spacial score (nSPS) is 11.6. The van der Waals surface area contributed by atoms with Crippen LogP contribution in [0.2, 0.25) is 4.44 Å². The van der Waals surface area contributed by atoms with Crippen LogP contribution < -0.4 is 0 Å². The first kappa shape index (κ1) is 59.2. The Balaban J connectivity index is 5.16. The van der Waals surface area contributed by atoms with Crippen molar-refractivity contribution in [1.82, 2.24) is 0 Å². The molecular weight excluding hydrogens is 851 g/mol. The minimum atomic E-state index is -4.90. The van der Waals surface area contributed by atoms with Crippen molar-refractivity contribution in [2.75, 3.05) is 0 Å². The standard InChI is InChI=1S/3C15H30O2.C8H17.Sn/c3*1-2-3-4-5-6-7-8-9-10-11-12-13-14-15(16)17;1-3-5-7-8-6-4-2;/h3*2-14H2,1H3,(H,16,17);1,3-8H2,2H3;/q;;;;+3/p-3. The number of hydrogen-bond acceptors (Lipinski definition) is 6. The molecule has 0 amide bonds. The van der Waals surface area contributed by atoms with Crippen molar-refractivity contribution in [3.8, 4) is 0 Å². The molecular formula is C53H104O6Sn. The molecule has 0 saturated carbocycles. The third-order valence-corrected chi connectivity index (χ3v) is 19.7. The van der Waals surface area contributed by atoms with E-state index in [1.165, 1.54) is 186 Å². The summed E-state index contributed by atoms with van der Waals surface area (Å²) in [5.41, 5.74) is 0. The predicted octanol–water partition coefficient (Wildman–Crippen LogP) is 18.2. The summed E-state index contributed by atoms with van der Waals surface area (Å²) in [4.78, 5) is 40.4. The van der Waals surface area contributed by atoms with Crippen LogP contribution in [0.15, 0.2) is 0 Å². The van der Waals surface area contributed by atoms with E-state index in [1.807, 2.05) is 0 Å². The van der Waals surface area contributed by atoms with Gasteiger partial charge in [-0.15, -0.1) is 0 Å². The fourth-order valence-corrected chi connectivity index (χ4v) is 15.4. The van der Waals surface area contributed by atoms with Gasteiger partial charge in [0, 0.05) is 0 Å². The molecule has 0 rings (SSSR count). The van der Waals surface area contributed by atoms with Gasteiger partial charge in [0.25, 0.3) is 0 Å². The molecule has 356 valence electrons. The Morgan fingerprint density at radius 1 is 0.250 bits per heavy atom. The molecule has 0 aliphatic carbocycles. The van der Waals surface area contributed by atoms with Gasteiger partial charge in [-0.2, -0.15) is 0 Å². The van der Waals surface area contributed by atoms with Crippen LogP contribution in [0, 0.1) is 0 Å². The number of unbranched alkanes of at least 4 members (excludes halogenated alkanes) is 38.